The third kappa shape index (κ3) is 31.7. The molecule has 0 aliphatic carbocycles. The van der Waals surface area contributed by atoms with Crippen molar-refractivity contribution in [3.63, 3.8) is 0 Å². The van der Waals surface area contributed by atoms with Crippen molar-refractivity contribution in [1.82, 2.24) is 16.0 Å². The molecule has 0 heterocycles. The molecule has 0 aromatic carbocycles. The molecule has 0 fully saturated rings. The van der Waals surface area contributed by atoms with Crippen molar-refractivity contribution >= 4 is 42.3 Å². The van der Waals surface area contributed by atoms with E-state index in [2.05, 4.69) is 51.4 Å². The van der Waals surface area contributed by atoms with E-state index >= 15 is 0 Å². The van der Waals surface area contributed by atoms with E-state index in [1.807, 2.05) is 0 Å². The lowest BCUT2D eigenvalue weighted by molar-refractivity contribution is -0.138. The Kier molecular flexibility index (Phi) is 30.2. The molecule has 0 aromatic rings. The number of carbonyl (C=O) groups excluding carboxylic acids is 4. The standard InChI is InChI=1S/C14H25N7O7.C2H5NO.C2H6O.C2H2/c1-17-12(8(15)7-22)21-28-5-4-18-14(27)20-9(2-3-10(16)23)13(26)19-6-11(24)25;1-2(3)4;1-2-3;1-2/h8-9,22H,1-7,15H2,(H2,16,23)(H,19,26)(H,24,25)(H2,18,20,27);1H3,(H2,3,4);3H,2H2,1H3;1-2H/b21-12-;;;/t8-,9-;;;/m0.../s1. The first-order valence-electron chi connectivity index (χ1n) is 10.4. The van der Waals surface area contributed by atoms with E-state index in [-0.39, 0.29) is 44.3 Å². The summed E-state index contributed by atoms with van der Waals surface area (Å²) in [4.78, 5) is 62.7. The number of nitrogens with zero attached hydrogens (tertiary/aromatic N) is 2. The van der Waals surface area contributed by atoms with Crippen molar-refractivity contribution < 1.29 is 44.1 Å². The summed E-state index contributed by atoms with van der Waals surface area (Å²) in [6, 6.07) is -2.78. The maximum Gasteiger partial charge on any atom is 0.322 e. The minimum Gasteiger partial charge on any atom is -0.480 e. The van der Waals surface area contributed by atoms with Crippen LogP contribution in [0.5, 0.6) is 0 Å². The van der Waals surface area contributed by atoms with E-state index in [0.29, 0.717) is 0 Å². The highest BCUT2D eigenvalue weighted by molar-refractivity contribution is 5.90. The molecule has 0 aliphatic heterocycles. The number of rotatable bonds is 13. The lowest BCUT2D eigenvalue weighted by Crippen LogP contribution is -2.51. The molecule has 0 saturated carbocycles. The van der Waals surface area contributed by atoms with Crippen molar-refractivity contribution in [3.8, 4) is 12.8 Å². The number of carboxylic acid groups (broad SMARTS) is 1. The fraction of sp³-hybridized carbons (Fsp3) is 0.550. The first kappa shape index (κ1) is 39.9. The van der Waals surface area contributed by atoms with Crippen LogP contribution in [0.1, 0.15) is 26.7 Å². The van der Waals surface area contributed by atoms with Crippen LogP contribution in [0.25, 0.3) is 0 Å². The van der Waals surface area contributed by atoms with Crippen LogP contribution < -0.4 is 33.2 Å². The number of carboxylic acids is 1. The zero-order valence-corrected chi connectivity index (χ0v) is 20.9. The van der Waals surface area contributed by atoms with Gasteiger partial charge in [-0.3, -0.25) is 19.2 Å². The van der Waals surface area contributed by atoms with E-state index < -0.39 is 49.1 Å². The van der Waals surface area contributed by atoms with Crippen molar-refractivity contribution in [2.24, 2.45) is 27.3 Å². The Balaban J connectivity index is -0.000000524. The number of oxime groups is 1. The highest BCUT2D eigenvalue weighted by Gasteiger charge is 2.21. The summed E-state index contributed by atoms with van der Waals surface area (Å²) in [6.07, 6.45) is 7.70. The van der Waals surface area contributed by atoms with Gasteiger partial charge >= 0.3 is 12.0 Å². The number of terminal acetylenes is 1. The summed E-state index contributed by atoms with van der Waals surface area (Å²) < 4.78 is 0. The number of hydrogen-bond donors (Lipinski definition) is 9. The highest BCUT2D eigenvalue weighted by Crippen LogP contribution is 1.98. The van der Waals surface area contributed by atoms with E-state index in [4.69, 9.17) is 31.6 Å². The Morgan fingerprint density at radius 3 is 2.03 bits per heavy atom. The van der Waals surface area contributed by atoms with Gasteiger partial charge in [-0.05, 0) is 20.1 Å². The summed E-state index contributed by atoms with van der Waals surface area (Å²) in [5, 5.41) is 35.3. The Morgan fingerprint density at radius 1 is 1.11 bits per heavy atom. The number of nitrogens with two attached hydrogens (primary N) is 3. The number of amides is 5. The maximum atomic E-state index is 11.9. The second-order valence-corrected chi connectivity index (χ2v) is 6.23. The first-order chi connectivity index (χ1) is 17.4. The van der Waals surface area contributed by atoms with Crippen LogP contribution in [0.15, 0.2) is 10.1 Å². The van der Waals surface area contributed by atoms with Crippen LogP contribution in [-0.2, 0) is 24.0 Å². The third-order valence-electron chi connectivity index (χ3n) is 3.04. The molecule has 17 heteroatoms. The number of hydrogen-bond acceptors (Lipinski definition) is 10. The van der Waals surface area contributed by atoms with Crippen LogP contribution in [0.4, 0.5) is 4.79 Å². The van der Waals surface area contributed by atoms with E-state index in [9.17, 15) is 24.0 Å². The maximum absolute atomic E-state index is 11.9. The lowest BCUT2D eigenvalue weighted by Gasteiger charge is -2.17. The number of urea groups is 1. The molecule has 2 atom stereocenters. The Bertz CT molecular complexity index is 741. The van der Waals surface area contributed by atoms with Gasteiger partial charge in [0.15, 0.2) is 5.84 Å². The number of nitrogens with one attached hydrogen (secondary N) is 3. The summed E-state index contributed by atoms with van der Waals surface area (Å²) in [7, 11) is 0. The molecule has 0 rings (SSSR count). The topological polar surface area (TPSA) is 294 Å². The third-order valence-corrected chi connectivity index (χ3v) is 3.04. The molecule has 0 saturated heterocycles. The number of aliphatic imine (C=N–C) groups is 1. The Labute approximate surface area is 214 Å². The first-order valence-corrected chi connectivity index (χ1v) is 10.4. The molecule has 0 bridgehead atoms. The van der Waals surface area contributed by atoms with Crippen LogP contribution >= 0.6 is 0 Å². The summed E-state index contributed by atoms with van der Waals surface area (Å²) in [5.74, 6) is -3.08. The van der Waals surface area contributed by atoms with Gasteiger partial charge < -0.3 is 53.3 Å². The number of carbonyl (C=O) groups is 5. The minimum atomic E-state index is -1.27. The molecule has 0 unspecified atom stereocenters. The second kappa shape index (κ2) is 28.0. The molecule has 17 nitrogen and oxygen atoms in total. The van der Waals surface area contributed by atoms with Crippen LogP contribution in [0, 0.1) is 12.8 Å². The van der Waals surface area contributed by atoms with E-state index in [1.165, 1.54) is 6.92 Å². The lowest BCUT2D eigenvalue weighted by atomic mass is 10.1. The number of amidine groups is 1. The van der Waals surface area contributed by atoms with Crippen LogP contribution in [-0.4, -0.2) is 103 Å². The van der Waals surface area contributed by atoms with Gasteiger partial charge in [-0.2, -0.15) is 0 Å². The molecule has 37 heavy (non-hydrogen) atoms. The van der Waals surface area contributed by atoms with Gasteiger partial charge in [0, 0.05) is 20.0 Å². The zero-order chi connectivity index (χ0) is 29.8. The van der Waals surface area contributed by atoms with Crippen LogP contribution in [0.2, 0.25) is 0 Å². The van der Waals surface area contributed by atoms with E-state index in [1.54, 1.807) is 6.92 Å². The monoisotopic (exact) mass is 534 g/mol. The van der Waals surface area contributed by atoms with Crippen molar-refractivity contribution in [1.29, 1.82) is 0 Å². The number of aliphatic hydroxyl groups excluding tert-OH is 2. The predicted molar refractivity (Wildman–Crippen MR) is 135 cm³/mol. The Hall–Kier alpha value is -4.27. The molecular weight excluding hydrogens is 496 g/mol. The molecule has 0 radical (unpaired) electrons. The summed E-state index contributed by atoms with van der Waals surface area (Å²) >= 11 is 0. The minimum absolute atomic E-state index is 0.0198. The smallest absolute Gasteiger partial charge is 0.322 e. The molecular formula is C20H38N8O9. The molecule has 12 N–H and O–H groups in total. The molecule has 212 valence electrons. The van der Waals surface area contributed by atoms with Gasteiger partial charge in [-0.15, -0.1) is 12.8 Å². The SMILES string of the molecule is C#C.C=N/C(=N\OCCNC(=O)N[C@@H](CCC(N)=O)C(=O)NCC(=O)O)[C@@H](N)CO.CC(N)=O.CCO. The fourth-order valence-corrected chi connectivity index (χ4v) is 1.67. The average molecular weight is 535 g/mol. The second-order valence-electron chi connectivity index (χ2n) is 6.23. The van der Waals surface area contributed by atoms with Crippen molar-refractivity contribution in [3.05, 3.63) is 0 Å². The number of aliphatic carboxylic acids is 1. The Morgan fingerprint density at radius 2 is 1.62 bits per heavy atom. The van der Waals surface area contributed by atoms with Crippen molar-refractivity contribution in [2.45, 2.75) is 38.8 Å². The number of aliphatic hydroxyl groups is 2. The molecule has 0 aliphatic rings. The predicted octanol–water partition coefficient (Wildman–Crippen LogP) is -3.79. The van der Waals surface area contributed by atoms with Gasteiger partial charge in [0.05, 0.1) is 19.2 Å². The number of primary amides is 2. The van der Waals surface area contributed by atoms with Crippen molar-refractivity contribution in [2.75, 3.05) is 32.9 Å². The average Bonchev–Trinajstić information content (AvgIpc) is 2.83. The van der Waals surface area contributed by atoms with Gasteiger partial charge in [0.2, 0.25) is 17.7 Å². The van der Waals surface area contributed by atoms with Gasteiger partial charge in [0.1, 0.15) is 19.2 Å². The highest BCUT2D eigenvalue weighted by atomic mass is 16.6. The fourth-order valence-electron chi connectivity index (χ4n) is 1.67. The van der Waals surface area contributed by atoms with Gasteiger partial charge in [-0.25, -0.2) is 9.79 Å². The normalized spacial score (nSPS) is 11.1. The summed E-state index contributed by atoms with van der Waals surface area (Å²) in [6.45, 7) is 5.31. The summed E-state index contributed by atoms with van der Waals surface area (Å²) in [5.41, 5.74) is 15.0. The molecule has 0 spiro atoms. The molecule has 0 aromatic heterocycles. The van der Waals surface area contributed by atoms with Gasteiger partial charge in [-0.1, -0.05) is 5.16 Å². The quantitative estimate of drug-likeness (QED) is 0.0365. The zero-order valence-electron chi connectivity index (χ0n) is 20.9. The largest absolute Gasteiger partial charge is 0.480 e. The molecule has 5 amide bonds. The van der Waals surface area contributed by atoms with Crippen LogP contribution in [0.3, 0.4) is 0 Å². The van der Waals surface area contributed by atoms with Gasteiger partial charge in [0.25, 0.3) is 0 Å². The van der Waals surface area contributed by atoms with E-state index in [0.717, 1.165) is 0 Å².